The van der Waals surface area contributed by atoms with Gasteiger partial charge in [0.2, 0.25) is 5.91 Å². The summed E-state index contributed by atoms with van der Waals surface area (Å²) in [5.74, 6) is 0.0276. The first-order valence-electron chi connectivity index (χ1n) is 9.44. The molecule has 5 nitrogen and oxygen atoms in total. The molecule has 0 bridgehead atoms. The molecule has 0 radical (unpaired) electrons. The van der Waals surface area contributed by atoms with Gasteiger partial charge in [-0.2, -0.15) is 5.10 Å². The zero-order chi connectivity index (χ0) is 18.8. The highest BCUT2D eigenvalue weighted by Gasteiger charge is 2.26. The number of amides is 1. The van der Waals surface area contributed by atoms with Crippen molar-refractivity contribution in [2.24, 2.45) is 0 Å². The number of nitrogens with one attached hydrogen (secondary N) is 1. The Hall–Kier alpha value is -2.95. The highest BCUT2D eigenvalue weighted by atomic mass is 16.1. The Morgan fingerprint density at radius 2 is 2.11 bits per heavy atom. The summed E-state index contributed by atoms with van der Waals surface area (Å²) in [7, 11) is 0. The van der Waals surface area contributed by atoms with E-state index in [-0.39, 0.29) is 11.9 Å². The molecule has 0 saturated heterocycles. The van der Waals surface area contributed by atoms with Crippen LogP contribution in [0.5, 0.6) is 0 Å². The molecule has 2 heterocycles. The first-order chi connectivity index (χ1) is 13.1. The highest BCUT2D eigenvalue weighted by molar-refractivity contribution is 5.79. The van der Waals surface area contributed by atoms with Crippen LogP contribution < -0.4 is 5.32 Å². The zero-order valence-electron chi connectivity index (χ0n) is 15.8. The summed E-state index contributed by atoms with van der Waals surface area (Å²) in [4.78, 5) is 16.6. The van der Waals surface area contributed by atoms with Gasteiger partial charge in [0.25, 0.3) is 0 Å². The fraction of sp³-hybridized carbons (Fsp3) is 0.318. The fourth-order valence-electron chi connectivity index (χ4n) is 3.72. The summed E-state index contributed by atoms with van der Waals surface area (Å²) in [6, 6.07) is 10.2. The molecule has 0 aliphatic heterocycles. The van der Waals surface area contributed by atoms with Gasteiger partial charge in [0.05, 0.1) is 24.3 Å². The lowest BCUT2D eigenvalue weighted by Crippen LogP contribution is -2.32. The van der Waals surface area contributed by atoms with Crippen molar-refractivity contribution in [3.8, 4) is 5.69 Å². The Morgan fingerprint density at radius 3 is 2.89 bits per heavy atom. The van der Waals surface area contributed by atoms with E-state index in [0.29, 0.717) is 6.42 Å². The van der Waals surface area contributed by atoms with E-state index in [9.17, 15) is 4.79 Å². The van der Waals surface area contributed by atoms with Gasteiger partial charge < -0.3 is 5.32 Å². The van der Waals surface area contributed by atoms with Crippen LogP contribution in [0.3, 0.4) is 0 Å². The van der Waals surface area contributed by atoms with Gasteiger partial charge in [-0.1, -0.05) is 12.1 Å². The van der Waals surface area contributed by atoms with Gasteiger partial charge in [0.15, 0.2) is 0 Å². The lowest BCUT2D eigenvalue weighted by Gasteiger charge is -2.24. The number of carbonyl (C=O) groups excluding carboxylic acids is 1. The number of carbonyl (C=O) groups is 1. The predicted molar refractivity (Wildman–Crippen MR) is 105 cm³/mol. The second-order valence-corrected chi connectivity index (χ2v) is 7.28. The molecule has 1 aliphatic rings. The van der Waals surface area contributed by atoms with Crippen LogP contribution in [0.25, 0.3) is 5.69 Å². The summed E-state index contributed by atoms with van der Waals surface area (Å²) < 4.78 is 2.03. The molecule has 1 unspecified atom stereocenters. The van der Waals surface area contributed by atoms with Crippen LogP contribution in [0.1, 0.15) is 46.8 Å². The molecule has 5 heteroatoms. The topological polar surface area (TPSA) is 59.8 Å². The van der Waals surface area contributed by atoms with Crippen molar-refractivity contribution in [3.63, 3.8) is 0 Å². The van der Waals surface area contributed by atoms with Crippen LogP contribution in [0.4, 0.5) is 0 Å². The molecule has 1 amide bonds. The minimum Gasteiger partial charge on any atom is -0.349 e. The molecule has 138 valence electrons. The first kappa shape index (κ1) is 17.5. The molecule has 1 atom stereocenters. The van der Waals surface area contributed by atoms with E-state index < -0.39 is 0 Å². The Kier molecular flexibility index (Phi) is 4.75. The van der Waals surface area contributed by atoms with Gasteiger partial charge in [-0.05, 0) is 68.0 Å². The third-order valence-corrected chi connectivity index (χ3v) is 5.34. The van der Waals surface area contributed by atoms with Crippen molar-refractivity contribution in [2.45, 2.75) is 45.6 Å². The minimum atomic E-state index is 0.0261. The third kappa shape index (κ3) is 3.63. The lowest BCUT2D eigenvalue weighted by atomic mass is 9.92. The zero-order valence-corrected chi connectivity index (χ0v) is 15.8. The van der Waals surface area contributed by atoms with Gasteiger partial charge in [0.1, 0.15) is 0 Å². The van der Waals surface area contributed by atoms with Crippen molar-refractivity contribution >= 4 is 5.91 Å². The molecule has 0 fully saturated rings. The van der Waals surface area contributed by atoms with Gasteiger partial charge in [-0.25, -0.2) is 4.68 Å². The summed E-state index contributed by atoms with van der Waals surface area (Å²) in [5, 5.41) is 7.82. The molecular weight excluding hydrogens is 336 g/mol. The third-order valence-electron chi connectivity index (χ3n) is 5.34. The average Bonchev–Trinajstić information content (AvgIpc) is 3.10. The smallest absolute Gasteiger partial charge is 0.224 e. The second kappa shape index (κ2) is 7.35. The second-order valence-electron chi connectivity index (χ2n) is 7.28. The standard InChI is InChI=1S/C22H24N4O/c1-15-8-9-18(11-16(15)2)26-21-7-3-6-20(19(21)14-24-26)25-22(27)12-17-5-4-10-23-13-17/h4-5,8-11,13-14,20H,3,6-7,12H2,1-2H3,(H,25,27). The number of pyridine rings is 1. The van der Waals surface area contributed by atoms with Gasteiger partial charge in [-0.3, -0.25) is 9.78 Å². The lowest BCUT2D eigenvalue weighted by molar-refractivity contribution is -0.121. The fourth-order valence-corrected chi connectivity index (χ4v) is 3.72. The average molecular weight is 360 g/mol. The van der Waals surface area contributed by atoms with Crippen molar-refractivity contribution in [1.29, 1.82) is 0 Å². The Morgan fingerprint density at radius 1 is 1.22 bits per heavy atom. The SMILES string of the molecule is Cc1ccc(-n2ncc3c2CCCC3NC(=O)Cc2cccnc2)cc1C. The summed E-state index contributed by atoms with van der Waals surface area (Å²) in [6.07, 6.45) is 8.70. The van der Waals surface area contributed by atoms with Crippen molar-refractivity contribution in [3.05, 3.63) is 76.9 Å². The van der Waals surface area contributed by atoms with Crippen molar-refractivity contribution in [2.75, 3.05) is 0 Å². The maximum Gasteiger partial charge on any atom is 0.224 e. The number of rotatable bonds is 4. The van der Waals surface area contributed by atoms with E-state index in [4.69, 9.17) is 0 Å². The number of hydrogen-bond acceptors (Lipinski definition) is 3. The summed E-state index contributed by atoms with van der Waals surface area (Å²) in [6.45, 7) is 4.24. The molecule has 0 saturated carbocycles. The maximum absolute atomic E-state index is 12.5. The molecule has 1 N–H and O–H groups in total. The predicted octanol–water partition coefficient (Wildman–Crippen LogP) is 3.62. The number of nitrogens with zero attached hydrogens (tertiary/aromatic N) is 3. The maximum atomic E-state index is 12.5. The first-order valence-corrected chi connectivity index (χ1v) is 9.44. The number of fused-ring (bicyclic) bond motifs is 1. The molecule has 0 spiro atoms. The minimum absolute atomic E-state index is 0.0261. The van der Waals surface area contributed by atoms with Crippen molar-refractivity contribution < 1.29 is 4.79 Å². The van der Waals surface area contributed by atoms with Crippen LogP contribution in [0, 0.1) is 13.8 Å². The van der Waals surface area contributed by atoms with Gasteiger partial charge in [-0.15, -0.1) is 0 Å². The van der Waals surface area contributed by atoms with E-state index in [0.717, 1.165) is 36.1 Å². The van der Waals surface area contributed by atoms with Gasteiger partial charge >= 0.3 is 0 Å². The normalized spacial score (nSPS) is 16.0. The van der Waals surface area contributed by atoms with E-state index in [1.807, 2.05) is 23.0 Å². The van der Waals surface area contributed by atoms with E-state index >= 15 is 0 Å². The Bertz CT molecular complexity index is 962. The van der Waals surface area contributed by atoms with Crippen molar-refractivity contribution in [1.82, 2.24) is 20.1 Å². The van der Waals surface area contributed by atoms with Crippen LogP contribution >= 0.6 is 0 Å². The number of aryl methyl sites for hydroxylation is 2. The number of benzene rings is 1. The molecule has 1 aromatic carbocycles. The Labute approximate surface area is 159 Å². The highest BCUT2D eigenvalue weighted by Crippen LogP contribution is 2.31. The van der Waals surface area contributed by atoms with E-state index in [1.165, 1.54) is 16.8 Å². The molecule has 1 aliphatic carbocycles. The van der Waals surface area contributed by atoms with E-state index in [2.05, 4.69) is 47.4 Å². The molecule has 3 aromatic rings. The molecule has 4 rings (SSSR count). The van der Waals surface area contributed by atoms with Crippen LogP contribution in [0.2, 0.25) is 0 Å². The van der Waals surface area contributed by atoms with Gasteiger partial charge in [0, 0.05) is 23.7 Å². The molecular formula is C22H24N4O. The largest absolute Gasteiger partial charge is 0.349 e. The molecule has 2 aromatic heterocycles. The van der Waals surface area contributed by atoms with Crippen LogP contribution in [0.15, 0.2) is 48.9 Å². The number of hydrogen-bond donors (Lipinski definition) is 1. The summed E-state index contributed by atoms with van der Waals surface area (Å²) in [5.41, 5.74) is 6.89. The number of aromatic nitrogens is 3. The monoisotopic (exact) mass is 360 g/mol. The summed E-state index contributed by atoms with van der Waals surface area (Å²) >= 11 is 0. The van der Waals surface area contributed by atoms with Crippen LogP contribution in [-0.4, -0.2) is 20.7 Å². The molecule has 27 heavy (non-hydrogen) atoms. The van der Waals surface area contributed by atoms with Crippen LogP contribution in [-0.2, 0) is 17.6 Å². The Balaban J connectivity index is 1.55. The quantitative estimate of drug-likeness (QED) is 0.773. The van der Waals surface area contributed by atoms with E-state index in [1.54, 1.807) is 12.4 Å².